The molecule has 8 heteroatoms. The number of aromatic nitrogens is 4. The van der Waals surface area contributed by atoms with Crippen molar-refractivity contribution in [3.05, 3.63) is 23.5 Å². The summed E-state index contributed by atoms with van der Waals surface area (Å²) in [5, 5.41) is 8.47. The summed E-state index contributed by atoms with van der Waals surface area (Å²) in [6.07, 6.45) is 9.07. The number of amides is 1. The lowest BCUT2D eigenvalue weighted by molar-refractivity contribution is 0.0871. The minimum absolute atomic E-state index is 0.115. The van der Waals surface area contributed by atoms with Crippen molar-refractivity contribution in [2.45, 2.75) is 90.9 Å². The number of carbonyl (C=O) groups excluding carboxylic acids is 1. The molecule has 1 amide bonds. The number of nitrogens with zero attached hydrogens (tertiary/aromatic N) is 5. The molecule has 4 rings (SSSR count). The lowest BCUT2D eigenvalue weighted by Gasteiger charge is -2.25. The molecule has 0 N–H and O–H groups in total. The van der Waals surface area contributed by atoms with Crippen molar-refractivity contribution in [1.82, 2.24) is 24.9 Å². The van der Waals surface area contributed by atoms with Crippen molar-refractivity contribution < 1.29 is 14.3 Å². The van der Waals surface area contributed by atoms with Crippen molar-refractivity contribution >= 4 is 6.09 Å². The molecule has 180 valence electrons. The van der Waals surface area contributed by atoms with Gasteiger partial charge in [0.2, 0.25) is 0 Å². The number of likely N-dealkylation sites (tertiary alicyclic amines) is 1. The highest BCUT2D eigenvalue weighted by atomic mass is 16.6. The highest BCUT2D eigenvalue weighted by molar-refractivity contribution is 5.68. The number of pyridine rings is 1. The van der Waals surface area contributed by atoms with Crippen LogP contribution in [0.5, 0.6) is 5.75 Å². The zero-order chi connectivity index (χ0) is 23.4. The molecule has 0 spiro atoms. The summed E-state index contributed by atoms with van der Waals surface area (Å²) in [7, 11) is 1.81. The monoisotopic (exact) mass is 455 g/mol. The molecule has 0 aromatic carbocycles. The summed E-state index contributed by atoms with van der Waals surface area (Å²) in [5.74, 6) is 1.38. The summed E-state index contributed by atoms with van der Waals surface area (Å²) in [6, 6.07) is 4.15. The fraction of sp³-hybridized carbons (Fsp3) is 0.680. The van der Waals surface area contributed by atoms with E-state index in [1.807, 2.05) is 31.0 Å². The molecule has 2 fully saturated rings. The maximum absolute atomic E-state index is 12.8. The zero-order valence-electron chi connectivity index (χ0n) is 20.4. The molecule has 33 heavy (non-hydrogen) atoms. The van der Waals surface area contributed by atoms with Crippen molar-refractivity contribution in [2.75, 3.05) is 6.54 Å². The predicted molar refractivity (Wildman–Crippen MR) is 126 cm³/mol. The van der Waals surface area contributed by atoms with E-state index < -0.39 is 0 Å². The molecule has 1 aliphatic heterocycles. The van der Waals surface area contributed by atoms with Crippen LogP contribution in [0.25, 0.3) is 11.4 Å². The Labute approximate surface area is 196 Å². The fourth-order valence-electron chi connectivity index (χ4n) is 4.98. The molecule has 2 aromatic heterocycles. The van der Waals surface area contributed by atoms with Gasteiger partial charge in [-0.3, -0.25) is 0 Å². The number of carbonyl (C=O) groups is 1. The smallest absolute Gasteiger partial charge is 0.410 e. The molecule has 8 nitrogen and oxygen atoms in total. The van der Waals surface area contributed by atoms with Crippen LogP contribution in [0.3, 0.4) is 0 Å². The summed E-state index contributed by atoms with van der Waals surface area (Å²) in [6.45, 7) is 7.21. The largest absolute Gasteiger partial charge is 0.489 e. The van der Waals surface area contributed by atoms with E-state index >= 15 is 0 Å². The lowest BCUT2D eigenvalue weighted by Crippen LogP contribution is -2.36. The van der Waals surface area contributed by atoms with Crippen LogP contribution in [-0.4, -0.2) is 49.7 Å². The number of rotatable bonds is 7. The molecule has 2 aromatic rings. The molecule has 1 unspecified atom stereocenters. The van der Waals surface area contributed by atoms with Crippen molar-refractivity contribution in [3.8, 4) is 17.1 Å². The van der Waals surface area contributed by atoms with E-state index in [4.69, 9.17) is 14.5 Å². The van der Waals surface area contributed by atoms with E-state index in [0.717, 1.165) is 55.8 Å². The summed E-state index contributed by atoms with van der Waals surface area (Å²) < 4.78 is 13.6. The van der Waals surface area contributed by atoms with Gasteiger partial charge in [0.15, 0.2) is 0 Å². The van der Waals surface area contributed by atoms with Gasteiger partial charge in [-0.15, -0.1) is 5.10 Å². The lowest BCUT2D eigenvalue weighted by atomic mass is 9.98. The molecule has 1 atom stereocenters. The molecule has 2 aliphatic rings. The van der Waals surface area contributed by atoms with Gasteiger partial charge in [-0.2, -0.15) is 0 Å². The third-order valence-electron chi connectivity index (χ3n) is 6.76. The Morgan fingerprint density at radius 1 is 1.15 bits per heavy atom. The van der Waals surface area contributed by atoms with Crippen LogP contribution in [0.15, 0.2) is 12.1 Å². The zero-order valence-corrected chi connectivity index (χ0v) is 20.4. The van der Waals surface area contributed by atoms with Gasteiger partial charge in [0.25, 0.3) is 0 Å². The predicted octanol–water partition coefficient (Wildman–Crippen LogP) is 5.04. The van der Waals surface area contributed by atoms with Crippen LogP contribution in [0.2, 0.25) is 0 Å². The highest BCUT2D eigenvalue weighted by Gasteiger charge is 2.30. The Morgan fingerprint density at radius 3 is 2.67 bits per heavy atom. The second-order valence-corrected chi connectivity index (χ2v) is 9.84. The van der Waals surface area contributed by atoms with Crippen LogP contribution in [-0.2, 0) is 18.4 Å². The topological polar surface area (TPSA) is 82.4 Å². The van der Waals surface area contributed by atoms with Gasteiger partial charge in [0, 0.05) is 19.6 Å². The van der Waals surface area contributed by atoms with Crippen molar-refractivity contribution in [2.24, 2.45) is 13.0 Å². The minimum atomic E-state index is -0.259. The number of hydrogen-bond donors (Lipinski definition) is 0. The molecule has 3 heterocycles. The van der Waals surface area contributed by atoms with E-state index in [1.165, 1.54) is 19.3 Å². The molecule has 0 radical (unpaired) electrons. The highest BCUT2D eigenvalue weighted by Crippen LogP contribution is 2.29. The first-order chi connectivity index (χ1) is 15.9. The van der Waals surface area contributed by atoms with E-state index in [0.29, 0.717) is 17.3 Å². The summed E-state index contributed by atoms with van der Waals surface area (Å²) in [5.41, 5.74) is 2.91. The first-order valence-electron chi connectivity index (χ1n) is 12.4. The van der Waals surface area contributed by atoms with Gasteiger partial charge in [0.05, 0.1) is 17.5 Å². The maximum Gasteiger partial charge on any atom is 0.410 e. The molecule has 0 bridgehead atoms. The van der Waals surface area contributed by atoms with Crippen molar-refractivity contribution in [3.63, 3.8) is 0 Å². The molecular weight excluding hydrogens is 418 g/mol. The van der Waals surface area contributed by atoms with Crippen LogP contribution in [0.4, 0.5) is 4.79 Å². The summed E-state index contributed by atoms with van der Waals surface area (Å²) >= 11 is 0. The van der Waals surface area contributed by atoms with Crippen LogP contribution in [0.1, 0.15) is 76.6 Å². The second-order valence-electron chi connectivity index (χ2n) is 9.84. The van der Waals surface area contributed by atoms with Gasteiger partial charge < -0.3 is 14.4 Å². The van der Waals surface area contributed by atoms with Crippen LogP contribution < -0.4 is 4.74 Å². The first kappa shape index (κ1) is 23.5. The normalized spacial score (nSPS) is 19.3. The third kappa shape index (κ3) is 5.65. The van der Waals surface area contributed by atoms with Gasteiger partial charge >= 0.3 is 6.09 Å². The fourth-order valence-corrected chi connectivity index (χ4v) is 4.98. The van der Waals surface area contributed by atoms with E-state index in [9.17, 15) is 4.79 Å². The Hall–Kier alpha value is -2.64. The van der Waals surface area contributed by atoms with Gasteiger partial charge in [-0.1, -0.05) is 25.5 Å². The molecule has 1 saturated carbocycles. The Balaban J connectivity index is 1.43. The number of hydrogen-bond acceptors (Lipinski definition) is 6. The van der Waals surface area contributed by atoms with Crippen LogP contribution in [0, 0.1) is 12.8 Å². The van der Waals surface area contributed by atoms with Crippen LogP contribution >= 0.6 is 0 Å². The molecule has 1 saturated heterocycles. The standard InChI is InChI=1S/C25H37N5O3/c1-17(2)15-19-9-8-14-30(19)25(31)32-16-22-24(27-28-29(22)4)21-12-13-23(18(3)26-21)33-20-10-6-5-7-11-20/h12-13,17,19-20H,5-11,14-16H2,1-4H3. The number of aryl methyl sites for hydroxylation is 2. The number of ether oxygens (including phenoxy) is 2. The Morgan fingerprint density at radius 2 is 1.94 bits per heavy atom. The average Bonchev–Trinajstić information content (AvgIpc) is 3.40. The van der Waals surface area contributed by atoms with Gasteiger partial charge in [-0.05, 0) is 69.9 Å². The van der Waals surface area contributed by atoms with E-state index in [2.05, 4.69) is 24.2 Å². The summed E-state index contributed by atoms with van der Waals surface area (Å²) in [4.78, 5) is 19.4. The van der Waals surface area contributed by atoms with E-state index in [-0.39, 0.29) is 24.8 Å². The van der Waals surface area contributed by atoms with Crippen molar-refractivity contribution in [1.29, 1.82) is 0 Å². The van der Waals surface area contributed by atoms with Gasteiger partial charge in [0.1, 0.15) is 23.7 Å². The van der Waals surface area contributed by atoms with Gasteiger partial charge in [-0.25, -0.2) is 14.5 Å². The SMILES string of the molecule is Cc1nc(-c2nnn(C)c2COC(=O)N2CCCC2CC(C)C)ccc1OC1CCCCC1. The molecular formula is C25H37N5O3. The molecule has 1 aliphatic carbocycles. The quantitative estimate of drug-likeness (QED) is 0.581. The Kier molecular flexibility index (Phi) is 7.50. The maximum atomic E-state index is 12.8. The average molecular weight is 456 g/mol. The third-order valence-corrected chi connectivity index (χ3v) is 6.76. The minimum Gasteiger partial charge on any atom is -0.489 e. The first-order valence-corrected chi connectivity index (χ1v) is 12.4. The second kappa shape index (κ2) is 10.5. The van der Waals surface area contributed by atoms with E-state index in [1.54, 1.807) is 4.68 Å². The Bertz CT molecular complexity index is 952.